The number of rotatable bonds is 5. The molecular weight excluding hydrogens is 291 g/mol. The molecule has 0 radical (unpaired) electrons. The Labute approximate surface area is 114 Å². The van der Waals surface area contributed by atoms with Crippen molar-refractivity contribution in [1.29, 1.82) is 0 Å². The lowest BCUT2D eigenvalue weighted by Crippen LogP contribution is -2.47. The van der Waals surface area contributed by atoms with Crippen molar-refractivity contribution < 1.29 is 22.8 Å². The third-order valence-corrected chi connectivity index (χ3v) is 4.71. The van der Waals surface area contributed by atoms with Gasteiger partial charge in [0, 0.05) is 18.7 Å². The molecule has 0 unspecified atom stereocenters. The highest BCUT2D eigenvalue weighted by atomic mass is 32.2. The highest BCUT2D eigenvalue weighted by molar-refractivity contribution is 7.89. The molecule has 0 bridgehead atoms. The summed E-state index contributed by atoms with van der Waals surface area (Å²) < 4.78 is 39.5. The zero-order valence-corrected chi connectivity index (χ0v) is 11.2. The summed E-state index contributed by atoms with van der Waals surface area (Å²) in [4.78, 5) is 8.99. The predicted octanol–water partition coefficient (Wildman–Crippen LogP) is 0.927. The van der Waals surface area contributed by atoms with Crippen molar-refractivity contribution in [3.63, 3.8) is 0 Å². The first kappa shape index (κ1) is 14.8. The molecule has 1 aliphatic rings. The van der Waals surface area contributed by atoms with E-state index in [2.05, 4.69) is 4.72 Å². The molecule has 0 spiro atoms. The van der Waals surface area contributed by atoms with E-state index in [0.717, 1.165) is 18.6 Å². The van der Waals surface area contributed by atoms with Gasteiger partial charge in [0.05, 0.1) is 10.5 Å². The highest BCUT2D eigenvalue weighted by Crippen LogP contribution is 2.31. The second-order valence-corrected chi connectivity index (χ2v) is 6.51. The van der Waals surface area contributed by atoms with Crippen LogP contribution in [0.1, 0.15) is 19.3 Å². The molecule has 2 rings (SSSR count). The average Bonchev–Trinajstić information content (AvgIpc) is 2.34. The summed E-state index contributed by atoms with van der Waals surface area (Å²) in [6.45, 7) is -0.239. The number of nitrogens with zero attached hydrogens (tertiary/aromatic N) is 1. The van der Waals surface area contributed by atoms with Crippen LogP contribution < -0.4 is 4.72 Å². The Balaban J connectivity index is 2.24. The number of hydrogen-bond acceptors (Lipinski definition) is 5. The van der Waals surface area contributed by atoms with Crippen LogP contribution in [0.2, 0.25) is 0 Å². The topological polar surface area (TPSA) is 110 Å². The average molecular weight is 304 g/mol. The van der Waals surface area contributed by atoms with Gasteiger partial charge in [-0.1, -0.05) is 0 Å². The smallest absolute Gasteiger partial charge is 0.270 e. The number of nitro benzene ring substituents is 1. The Morgan fingerprint density at radius 2 is 2.10 bits per heavy atom. The lowest BCUT2D eigenvalue weighted by atomic mass is 9.81. The van der Waals surface area contributed by atoms with Gasteiger partial charge in [0.15, 0.2) is 0 Å². The van der Waals surface area contributed by atoms with Crippen molar-refractivity contribution in [2.24, 2.45) is 0 Å². The zero-order chi connectivity index (χ0) is 15.0. The van der Waals surface area contributed by atoms with E-state index in [4.69, 9.17) is 0 Å². The van der Waals surface area contributed by atoms with Gasteiger partial charge in [-0.3, -0.25) is 10.1 Å². The molecule has 2 N–H and O–H groups in total. The fraction of sp³-hybridized carbons (Fsp3) is 0.455. The number of nitro groups is 1. The first-order chi connectivity index (χ1) is 9.23. The van der Waals surface area contributed by atoms with Gasteiger partial charge in [0.1, 0.15) is 10.7 Å². The minimum Gasteiger partial charge on any atom is -0.389 e. The predicted molar refractivity (Wildman–Crippen MR) is 67.0 cm³/mol. The summed E-state index contributed by atoms with van der Waals surface area (Å²) in [6, 6.07) is 2.26. The number of sulfonamides is 1. The molecule has 1 aliphatic carbocycles. The number of benzene rings is 1. The van der Waals surface area contributed by atoms with Crippen LogP contribution in [0.25, 0.3) is 0 Å². The molecule has 0 aromatic heterocycles. The molecule has 110 valence electrons. The fourth-order valence-electron chi connectivity index (χ4n) is 1.88. The first-order valence-electron chi connectivity index (χ1n) is 5.90. The van der Waals surface area contributed by atoms with Crippen LogP contribution in [-0.2, 0) is 10.0 Å². The second kappa shape index (κ2) is 5.08. The minimum atomic E-state index is -4.25. The lowest BCUT2D eigenvalue weighted by molar-refractivity contribution is -0.385. The van der Waals surface area contributed by atoms with Gasteiger partial charge in [0.25, 0.3) is 5.69 Å². The number of hydrogen-bond donors (Lipinski definition) is 2. The Bertz CT molecular complexity index is 642. The molecule has 20 heavy (non-hydrogen) atoms. The maximum absolute atomic E-state index is 13.5. The summed E-state index contributed by atoms with van der Waals surface area (Å²) in [5, 5.41) is 20.4. The summed E-state index contributed by atoms with van der Waals surface area (Å²) in [5.74, 6) is -1.08. The van der Waals surface area contributed by atoms with Gasteiger partial charge >= 0.3 is 0 Å². The Kier molecular flexibility index (Phi) is 3.76. The number of non-ortho nitro benzene ring substituents is 1. The lowest BCUT2D eigenvalue weighted by Gasteiger charge is -2.36. The molecule has 9 heteroatoms. The molecule has 1 saturated carbocycles. The number of halogens is 1. The minimum absolute atomic E-state index is 0.239. The summed E-state index contributed by atoms with van der Waals surface area (Å²) in [5.41, 5.74) is -1.63. The number of nitrogens with one attached hydrogen (secondary N) is 1. The Hall–Kier alpha value is -1.58. The SMILES string of the molecule is O=[N+]([O-])c1ccc(F)c(S(=O)(=O)NCC2(O)CCC2)c1. The van der Waals surface area contributed by atoms with E-state index in [-0.39, 0.29) is 6.54 Å². The molecular formula is C11H13FN2O5S. The van der Waals surface area contributed by atoms with E-state index in [1.165, 1.54) is 0 Å². The van der Waals surface area contributed by atoms with Crippen molar-refractivity contribution >= 4 is 15.7 Å². The molecule has 1 aromatic carbocycles. The van der Waals surface area contributed by atoms with Gasteiger partial charge in [0.2, 0.25) is 10.0 Å². The van der Waals surface area contributed by atoms with Crippen LogP contribution in [0.15, 0.2) is 23.1 Å². The largest absolute Gasteiger partial charge is 0.389 e. The molecule has 1 fully saturated rings. The van der Waals surface area contributed by atoms with E-state index < -0.39 is 36.9 Å². The van der Waals surface area contributed by atoms with E-state index in [9.17, 15) is 28.0 Å². The van der Waals surface area contributed by atoms with Gasteiger partial charge in [-0.05, 0) is 25.3 Å². The van der Waals surface area contributed by atoms with Crippen molar-refractivity contribution in [1.82, 2.24) is 4.72 Å². The van der Waals surface area contributed by atoms with E-state index in [1.54, 1.807) is 0 Å². The van der Waals surface area contributed by atoms with E-state index in [1.807, 2.05) is 0 Å². The first-order valence-corrected chi connectivity index (χ1v) is 7.38. The normalized spacial score (nSPS) is 17.5. The van der Waals surface area contributed by atoms with Crippen LogP contribution in [0.5, 0.6) is 0 Å². The van der Waals surface area contributed by atoms with Gasteiger partial charge in [-0.15, -0.1) is 0 Å². The monoisotopic (exact) mass is 304 g/mol. The molecule has 0 atom stereocenters. The van der Waals surface area contributed by atoms with Gasteiger partial charge in [-0.2, -0.15) is 0 Å². The molecule has 0 saturated heterocycles. The Morgan fingerprint density at radius 1 is 1.45 bits per heavy atom. The maximum atomic E-state index is 13.5. The van der Waals surface area contributed by atoms with Crippen molar-refractivity contribution in [2.45, 2.75) is 29.8 Å². The highest BCUT2D eigenvalue weighted by Gasteiger charge is 2.36. The number of aliphatic hydroxyl groups is 1. The van der Waals surface area contributed by atoms with Crippen LogP contribution in [-0.4, -0.2) is 30.6 Å². The van der Waals surface area contributed by atoms with Gasteiger partial charge in [-0.25, -0.2) is 17.5 Å². The standard InChI is InChI=1S/C11H13FN2O5S/c12-9-3-2-8(14(16)17)6-10(9)20(18,19)13-7-11(15)4-1-5-11/h2-3,6,13,15H,1,4-5,7H2. The van der Waals surface area contributed by atoms with E-state index in [0.29, 0.717) is 18.9 Å². The summed E-state index contributed by atoms with van der Waals surface area (Å²) >= 11 is 0. The third-order valence-electron chi connectivity index (χ3n) is 3.29. The molecule has 0 amide bonds. The van der Waals surface area contributed by atoms with Crippen molar-refractivity contribution in [2.75, 3.05) is 6.54 Å². The molecule has 1 aromatic rings. The Morgan fingerprint density at radius 3 is 2.60 bits per heavy atom. The van der Waals surface area contributed by atoms with Gasteiger partial charge < -0.3 is 5.11 Å². The van der Waals surface area contributed by atoms with Crippen LogP contribution >= 0.6 is 0 Å². The van der Waals surface area contributed by atoms with Crippen molar-refractivity contribution in [3.05, 3.63) is 34.1 Å². The molecule has 0 heterocycles. The quantitative estimate of drug-likeness (QED) is 0.621. The van der Waals surface area contributed by atoms with Crippen LogP contribution in [0.4, 0.5) is 10.1 Å². The summed E-state index contributed by atoms with van der Waals surface area (Å²) in [7, 11) is -4.25. The second-order valence-electron chi connectivity index (χ2n) is 4.77. The van der Waals surface area contributed by atoms with E-state index >= 15 is 0 Å². The van der Waals surface area contributed by atoms with Crippen LogP contribution in [0.3, 0.4) is 0 Å². The van der Waals surface area contributed by atoms with Crippen molar-refractivity contribution in [3.8, 4) is 0 Å². The molecule has 7 nitrogen and oxygen atoms in total. The summed E-state index contributed by atoms with van der Waals surface area (Å²) in [6.07, 6.45) is 1.73. The molecule has 0 aliphatic heterocycles. The van der Waals surface area contributed by atoms with Crippen LogP contribution in [0, 0.1) is 15.9 Å². The maximum Gasteiger partial charge on any atom is 0.270 e. The zero-order valence-electron chi connectivity index (χ0n) is 10.4. The third kappa shape index (κ3) is 2.94. The fourth-order valence-corrected chi connectivity index (χ4v) is 3.10.